The van der Waals surface area contributed by atoms with Crippen molar-refractivity contribution in [2.24, 2.45) is 0 Å². The van der Waals surface area contributed by atoms with Gasteiger partial charge in [-0.1, -0.05) is 0 Å². The van der Waals surface area contributed by atoms with Gasteiger partial charge in [0, 0.05) is 18.3 Å². The molecule has 1 saturated heterocycles. The van der Waals surface area contributed by atoms with Crippen molar-refractivity contribution in [1.82, 2.24) is 4.98 Å². The largest absolute Gasteiger partial charge is 0.434 e. The summed E-state index contributed by atoms with van der Waals surface area (Å²) in [6, 6.07) is 0. The molecule has 1 aromatic rings. The molecule has 1 unspecified atom stereocenters. The van der Waals surface area contributed by atoms with E-state index < -0.39 is 11.9 Å². The number of nitrogens with zero attached hydrogens (tertiary/aromatic N) is 2. The van der Waals surface area contributed by atoms with Gasteiger partial charge in [-0.3, -0.25) is 9.69 Å². The van der Waals surface area contributed by atoms with Crippen molar-refractivity contribution in [3.63, 3.8) is 0 Å². The lowest BCUT2D eigenvalue weighted by molar-refractivity contribution is -0.140. The molecule has 0 spiro atoms. The number of amides is 1. The van der Waals surface area contributed by atoms with Crippen LogP contribution in [-0.2, 0) is 11.0 Å². The highest BCUT2D eigenvalue weighted by atomic mass is 35.5. The van der Waals surface area contributed by atoms with Crippen molar-refractivity contribution in [2.45, 2.75) is 18.0 Å². The van der Waals surface area contributed by atoms with Gasteiger partial charge in [0.25, 0.3) is 0 Å². The van der Waals surface area contributed by atoms with Crippen LogP contribution >= 0.6 is 22.9 Å². The molecule has 16 heavy (non-hydrogen) atoms. The lowest BCUT2D eigenvalue weighted by Crippen LogP contribution is -2.24. The third-order valence-electron chi connectivity index (χ3n) is 2.09. The van der Waals surface area contributed by atoms with Crippen LogP contribution in [0.4, 0.5) is 18.3 Å². The topological polar surface area (TPSA) is 33.2 Å². The zero-order chi connectivity index (χ0) is 11.9. The number of anilines is 1. The molecule has 88 valence electrons. The van der Waals surface area contributed by atoms with E-state index >= 15 is 0 Å². The van der Waals surface area contributed by atoms with Crippen LogP contribution in [0.15, 0.2) is 5.38 Å². The molecule has 1 aliphatic rings. The van der Waals surface area contributed by atoms with Crippen LogP contribution in [0.2, 0.25) is 0 Å². The number of alkyl halides is 4. The number of halogens is 4. The van der Waals surface area contributed by atoms with Gasteiger partial charge < -0.3 is 0 Å². The second-order valence-corrected chi connectivity index (χ2v) is 4.77. The third kappa shape index (κ3) is 2.15. The first kappa shape index (κ1) is 11.7. The maximum absolute atomic E-state index is 12.3. The molecule has 8 heteroatoms. The molecular formula is C8H6ClF3N2OS. The van der Waals surface area contributed by atoms with Crippen molar-refractivity contribution in [3.05, 3.63) is 11.1 Å². The van der Waals surface area contributed by atoms with E-state index in [1.807, 2.05) is 0 Å². The quantitative estimate of drug-likeness (QED) is 0.735. The van der Waals surface area contributed by atoms with E-state index in [0.717, 1.165) is 16.7 Å². The summed E-state index contributed by atoms with van der Waals surface area (Å²) in [5.41, 5.74) is -0.974. The maximum Gasteiger partial charge on any atom is 0.434 e. The lowest BCUT2D eigenvalue weighted by atomic mass is 10.4. The second kappa shape index (κ2) is 3.89. The molecule has 2 heterocycles. The van der Waals surface area contributed by atoms with Crippen LogP contribution in [0.3, 0.4) is 0 Å². The minimum atomic E-state index is -4.47. The molecule has 2 rings (SSSR count). The Morgan fingerprint density at radius 2 is 2.25 bits per heavy atom. The molecule has 0 aliphatic carbocycles. The molecule has 1 aliphatic heterocycles. The molecule has 0 bridgehead atoms. The minimum absolute atomic E-state index is 0.0560. The van der Waals surface area contributed by atoms with Crippen molar-refractivity contribution >= 4 is 34.0 Å². The zero-order valence-electron chi connectivity index (χ0n) is 7.79. The summed E-state index contributed by atoms with van der Waals surface area (Å²) in [5, 5.41) is 0.593. The van der Waals surface area contributed by atoms with Gasteiger partial charge in [-0.05, 0) is 0 Å². The van der Waals surface area contributed by atoms with E-state index in [1.165, 1.54) is 4.90 Å². The maximum atomic E-state index is 12.3. The molecule has 0 aromatic carbocycles. The van der Waals surface area contributed by atoms with E-state index in [4.69, 9.17) is 11.6 Å². The first-order valence-electron chi connectivity index (χ1n) is 4.35. The summed E-state index contributed by atoms with van der Waals surface area (Å²) in [6.45, 7) is 0.213. The van der Waals surface area contributed by atoms with Crippen molar-refractivity contribution in [3.8, 4) is 0 Å². The Morgan fingerprint density at radius 3 is 2.69 bits per heavy atom. The number of carbonyl (C=O) groups is 1. The van der Waals surface area contributed by atoms with Gasteiger partial charge in [-0.2, -0.15) is 13.2 Å². The van der Waals surface area contributed by atoms with Crippen LogP contribution in [0, 0.1) is 0 Å². The second-order valence-electron chi connectivity index (χ2n) is 3.32. The fraction of sp³-hybridized carbons (Fsp3) is 0.500. The van der Waals surface area contributed by atoms with E-state index in [2.05, 4.69) is 4.98 Å². The van der Waals surface area contributed by atoms with Gasteiger partial charge in [-0.25, -0.2) is 4.98 Å². The summed E-state index contributed by atoms with van der Waals surface area (Å²) in [7, 11) is 0. The van der Waals surface area contributed by atoms with Gasteiger partial charge in [-0.15, -0.1) is 22.9 Å². The highest BCUT2D eigenvalue weighted by Crippen LogP contribution is 2.34. The fourth-order valence-electron chi connectivity index (χ4n) is 1.37. The Bertz CT molecular complexity index is 420. The monoisotopic (exact) mass is 270 g/mol. The minimum Gasteiger partial charge on any atom is -0.287 e. The summed E-state index contributed by atoms with van der Waals surface area (Å²) in [5.74, 6) is -0.289. The lowest BCUT2D eigenvalue weighted by Gasteiger charge is -2.10. The highest BCUT2D eigenvalue weighted by molar-refractivity contribution is 7.14. The SMILES string of the molecule is O=C1CC(Cl)CN1c1nc(C(F)(F)F)cs1. The molecule has 0 saturated carbocycles. The van der Waals surface area contributed by atoms with Crippen LogP contribution in [0.25, 0.3) is 0 Å². The van der Waals surface area contributed by atoms with E-state index in [1.54, 1.807) is 0 Å². The van der Waals surface area contributed by atoms with E-state index in [0.29, 0.717) is 0 Å². The van der Waals surface area contributed by atoms with E-state index in [-0.39, 0.29) is 29.4 Å². The Labute approximate surface area is 97.8 Å². The van der Waals surface area contributed by atoms with Gasteiger partial charge in [0.2, 0.25) is 5.91 Å². The standard InChI is InChI=1S/C8H6ClF3N2OS/c9-4-1-6(15)14(2-4)7-13-5(3-16-7)8(10,11)12/h3-4H,1-2H2. The molecular weight excluding hydrogens is 265 g/mol. The zero-order valence-corrected chi connectivity index (χ0v) is 9.36. The molecule has 1 aromatic heterocycles. The van der Waals surface area contributed by atoms with Crippen LogP contribution < -0.4 is 4.90 Å². The Hall–Kier alpha value is -0.820. The smallest absolute Gasteiger partial charge is 0.287 e. The van der Waals surface area contributed by atoms with Crippen molar-refractivity contribution < 1.29 is 18.0 Å². The third-order valence-corrected chi connectivity index (χ3v) is 3.25. The number of carbonyl (C=O) groups excluding carboxylic acids is 1. The van der Waals surface area contributed by atoms with Gasteiger partial charge in [0.1, 0.15) is 0 Å². The fourth-order valence-corrected chi connectivity index (χ4v) is 2.50. The predicted molar refractivity (Wildman–Crippen MR) is 53.7 cm³/mol. The Morgan fingerprint density at radius 1 is 1.56 bits per heavy atom. The Kier molecular flexibility index (Phi) is 2.83. The van der Waals surface area contributed by atoms with Crippen LogP contribution in [0.1, 0.15) is 12.1 Å². The molecule has 1 amide bonds. The summed E-state index contributed by atoms with van der Waals surface area (Å²) >= 11 is 6.54. The van der Waals surface area contributed by atoms with Crippen LogP contribution in [0.5, 0.6) is 0 Å². The summed E-state index contributed by atoms with van der Waals surface area (Å²) in [6.07, 6.45) is -4.33. The number of hydrogen-bond donors (Lipinski definition) is 0. The first-order chi connectivity index (χ1) is 7.38. The Balaban J connectivity index is 2.23. The van der Waals surface area contributed by atoms with Gasteiger partial charge >= 0.3 is 6.18 Å². The number of aromatic nitrogens is 1. The van der Waals surface area contributed by atoms with E-state index in [9.17, 15) is 18.0 Å². The molecule has 0 radical (unpaired) electrons. The average molecular weight is 271 g/mol. The molecule has 1 atom stereocenters. The van der Waals surface area contributed by atoms with Gasteiger partial charge in [0.05, 0.1) is 5.38 Å². The van der Waals surface area contributed by atoms with Crippen molar-refractivity contribution in [2.75, 3.05) is 11.4 Å². The number of hydrogen-bond acceptors (Lipinski definition) is 3. The molecule has 3 nitrogen and oxygen atoms in total. The van der Waals surface area contributed by atoms with Gasteiger partial charge in [0.15, 0.2) is 10.8 Å². The molecule has 0 N–H and O–H groups in total. The summed E-state index contributed by atoms with van der Waals surface area (Å²) < 4.78 is 36.8. The highest BCUT2D eigenvalue weighted by Gasteiger charge is 2.36. The van der Waals surface area contributed by atoms with Crippen LogP contribution in [-0.4, -0.2) is 22.8 Å². The normalized spacial score (nSPS) is 21.9. The van der Waals surface area contributed by atoms with Crippen molar-refractivity contribution in [1.29, 1.82) is 0 Å². The summed E-state index contributed by atoms with van der Waals surface area (Å²) in [4.78, 5) is 16.0. The number of thiazole rings is 1. The predicted octanol–water partition coefficient (Wildman–Crippen LogP) is 2.51. The average Bonchev–Trinajstić information content (AvgIpc) is 2.70. The number of rotatable bonds is 1. The first-order valence-corrected chi connectivity index (χ1v) is 5.66. The molecule has 1 fully saturated rings.